The van der Waals surface area contributed by atoms with Crippen LogP contribution in [0.1, 0.15) is 184 Å². The van der Waals surface area contributed by atoms with Gasteiger partial charge in [-0.25, -0.2) is 15.0 Å². The molecule has 0 unspecified atom stereocenters. The molecule has 1 aromatic carbocycles. The van der Waals surface area contributed by atoms with Gasteiger partial charge >= 0.3 is 0 Å². The Morgan fingerprint density at radius 3 is 2.32 bits per heavy atom. The Morgan fingerprint density at radius 2 is 1.58 bits per heavy atom. The summed E-state index contributed by atoms with van der Waals surface area (Å²) in [6.07, 6.45) is 19.8. The highest BCUT2D eigenvalue weighted by atomic mass is 32.1. The summed E-state index contributed by atoms with van der Waals surface area (Å²) in [6, 6.07) is 10.1. The van der Waals surface area contributed by atoms with Crippen LogP contribution < -0.4 is 25.8 Å². The molecule has 0 spiro atoms. The molecule has 5 aromatic rings. The number of likely N-dealkylation sites (N-methyl/N-ethyl adjacent to an activating group) is 1. The van der Waals surface area contributed by atoms with Crippen molar-refractivity contribution in [2.75, 3.05) is 51.3 Å². The van der Waals surface area contributed by atoms with Crippen molar-refractivity contribution in [1.82, 2.24) is 44.9 Å². The number of ether oxygens (including phenoxy) is 1. The van der Waals surface area contributed by atoms with Gasteiger partial charge in [0.2, 0.25) is 23.5 Å². The molecular formula is C59H76N10O7S. The number of ketones is 2. The predicted octanol–water partition coefficient (Wildman–Crippen LogP) is 8.50. The summed E-state index contributed by atoms with van der Waals surface area (Å²) in [7, 11) is 1.74. The van der Waals surface area contributed by atoms with Crippen LogP contribution in [0.3, 0.4) is 0 Å². The lowest BCUT2D eigenvalue weighted by molar-refractivity contribution is -0.139. The van der Waals surface area contributed by atoms with E-state index in [1.54, 1.807) is 49.2 Å². The number of anilines is 1. The molecular weight excluding hydrogens is 993 g/mol. The molecule has 2 aliphatic heterocycles. The highest BCUT2D eigenvalue weighted by molar-refractivity contribution is 7.10. The maximum atomic E-state index is 14.2. The first-order valence-corrected chi connectivity index (χ1v) is 29.2. The number of rotatable bonds is 22. The number of fused-ring (bicyclic) bond motifs is 1. The van der Waals surface area contributed by atoms with Crippen LogP contribution in [0.25, 0.3) is 11.0 Å². The average Bonchev–Trinajstić information content (AvgIpc) is 4.29. The third kappa shape index (κ3) is 13.1. The number of aryl methyl sites for hydroxylation is 1. The Hall–Kier alpha value is -6.40. The normalized spacial score (nSPS) is 18.2. The van der Waals surface area contributed by atoms with Gasteiger partial charge in [0.05, 0.1) is 42.6 Å². The predicted molar refractivity (Wildman–Crippen MR) is 298 cm³/mol. The monoisotopic (exact) mass is 1070 g/mol. The zero-order valence-electron chi connectivity index (χ0n) is 45.4. The number of hydrogen-bond donors (Lipinski definition) is 2. The molecule has 2 saturated heterocycles. The van der Waals surface area contributed by atoms with Crippen LogP contribution in [0.2, 0.25) is 0 Å². The fourth-order valence-electron chi connectivity index (χ4n) is 11.9. The molecule has 9 rings (SSSR count). The summed E-state index contributed by atoms with van der Waals surface area (Å²) in [5, 5.41) is 9.35. The zero-order valence-corrected chi connectivity index (χ0v) is 46.2. The fourth-order valence-corrected chi connectivity index (χ4v) is 12.8. The van der Waals surface area contributed by atoms with Gasteiger partial charge in [-0.3, -0.25) is 38.3 Å². The van der Waals surface area contributed by atoms with Crippen molar-refractivity contribution in [1.29, 1.82) is 0 Å². The Morgan fingerprint density at radius 1 is 0.831 bits per heavy atom. The number of thiazole rings is 1. The summed E-state index contributed by atoms with van der Waals surface area (Å²) in [5.74, 6) is 0.849. The molecule has 0 radical (unpaired) electrons. The highest BCUT2D eigenvalue weighted by Crippen LogP contribution is 2.37. The number of likely N-dealkylation sites (tertiary alicyclic amines) is 1. The number of nitrogens with one attached hydrogen (secondary N) is 2. The number of nitrogens with zero attached hydrogens (tertiary/aromatic N) is 8. The Kier molecular flexibility index (Phi) is 18.6. The number of carbonyl (C=O) groups is 5. The van der Waals surface area contributed by atoms with Crippen LogP contribution in [0.4, 0.5) is 5.69 Å². The van der Waals surface area contributed by atoms with Gasteiger partial charge in [0.1, 0.15) is 34.0 Å². The van der Waals surface area contributed by atoms with Gasteiger partial charge in [-0.2, -0.15) is 0 Å². The van der Waals surface area contributed by atoms with Crippen LogP contribution in [0, 0.1) is 12.8 Å². The third-order valence-corrected chi connectivity index (χ3v) is 17.4. The molecule has 0 bridgehead atoms. The molecule has 2 aliphatic carbocycles. The van der Waals surface area contributed by atoms with E-state index in [1.807, 2.05) is 34.2 Å². The molecule has 2 N–H and O–H groups in total. The van der Waals surface area contributed by atoms with Crippen molar-refractivity contribution in [2.24, 2.45) is 5.92 Å². The van der Waals surface area contributed by atoms with E-state index < -0.39 is 12.1 Å². The largest absolute Gasteiger partial charge is 0.494 e. The second-order valence-electron chi connectivity index (χ2n) is 21.6. The summed E-state index contributed by atoms with van der Waals surface area (Å²) in [5.41, 5.74) is 3.85. The first-order valence-electron chi connectivity index (χ1n) is 28.3. The molecule has 4 aliphatic rings. The lowest BCUT2D eigenvalue weighted by atomic mass is 9.83. The van der Waals surface area contributed by atoms with Gasteiger partial charge < -0.3 is 30.1 Å². The summed E-state index contributed by atoms with van der Waals surface area (Å²) in [6.45, 7) is 8.95. The number of hydrogen-bond acceptors (Lipinski definition) is 14. The molecule has 3 amide bonds. The smallest absolute Gasteiger partial charge is 0.263 e. The minimum atomic E-state index is -0.577. The Labute approximate surface area is 456 Å². The van der Waals surface area contributed by atoms with Crippen molar-refractivity contribution in [3.8, 4) is 5.75 Å². The number of unbranched alkanes of at least 4 members (excludes halogenated alkanes) is 4. The van der Waals surface area contributed by atoms with E-state index >= 15 is 0 Å². The van der Waals surface area contributed by atoms with Crippen LogP contribution in [-0.4, -0.2) is 122 Å². The van der Waals surface area contributed by atoms with Crippen LogP contribution in [-0.2, 0) is 20.8 Å². The molecule has 2 saturated carbocycles. The van der Waals surface area contributed by atoms with Crippen LogP contribution in [0.15, 0.2) is 59.0 Å². The van der Waals surface area contributed by atoms with E-state index in [0.29, 0.717) is 73.1 Å². The number of pyridine rings is 2. The topological polar surface area (TPSA) is 202 Å². The fraction of sp³-hybridized carbons (Fsp3) is 0.559. The van der Waals surface area contributed by atoms with Crippen molar-refractivity contribution in [3.05, 3.63) is 103 Å². The van der Waals surface area contributed by atoms with Crippen molar-refractivity contribution in [3.63, 3.8) is 0 Å². The Bertz CT molecular complexity index is 2960. The lowest BCUT2D eigenvalue weighted by Crippen LogP contribution is -2.55. The van der Waals surface area contributed by atoms with Gasteiger partial charge in [-0.15, -0.1) is 11.3 Å². The standard InChI is InChI=1S/C59H76N10O7S/c1-38-47-36-62-50(64-55(47)69(44-20-12-13-21-44)58(74)52(38)40(3)70)34-43-25-26-45(35-61-43)66-28-30-67(31-29-66)51(71)24-11-6-5-7-14-32-76-46-22-15-19-42(33-46)54(72)48-37-77-57(63-48)49-23-16-27-68(49)59(75)53(41-17-9-8-10-18-41)65-56(73)39(2)60-4/h15,19,22,25-26,33,35-37,39,41,44,49,53,60H,5-14,16-18,20-21,23-24,27-32,34H2,1-4H3,(H,65,73)/t39-,49-,53-/m0/s1. The van der Waals surface area contributed by atoms with Gasteiger partial charge in [-0.05, 0) is 115 Å². The van der Waals surface area contributed by atoms with Gasteiger partial charge in [0, 0.05) is 73.4 Å². The first-order chi connectivity index (χ1) is 37.4. The second kappa shape index (κ2) is 25.8. The first kappa shape index (κ1) is 55.4. The van der Waals surface area contributed by atoms with Crippen LogP contribution >= 0.6 is 11.3 Å². The van der Waals surface area contributed by atoms with E-state index in [4.69, 9.17) is 19.7 Å². The molecule has 410 valence electrons. The quantitative estimate of drug-likeness (QED) is 0.0494. The van der Waals surface area contributed by atoms with Gasteiger partial charge in [0.25, 0.3) is 5.56 Å². The van der Waals surface area contributed by atoms with Crippen molar-refractivity contribution >= 4 is 57.3 Å². The molecule has 4 fully saturated rings. The minimum absolute atomic E-state index is 0.0220. The maximum Gasteiger partial charge on any atom is 0.263 e. The lowest BCUT2D eigenvalue weighted by Gasteiger charge is -2.36. The number of amides is 3. The van der Waals surface area contributed by atoms with E-state index in [-0.39, 0.29) is 58.4 Å². The van der Waals surface area contributed by atoms with Gasteiger partial charge in [0.15, 0.2) is 5.78 Å². The average molecular weight is 1070 g/mol. The van der Waals surface area contributed by atoms with E-state index in [2.05, 4.69) is 26.6 Å². The summed E-state index contributed by atoms with van der Waals surface area (Å²) in [4.78, 5) is 106. The molecule has 6 heterocycles. The van der Waals surface area contributed by atoms with E-state index in [0.717, 1.165) is 138 Å². The minimum Gasteiger partial charge on any atom is -0.494 e. The SMILES string of the molecule is CN[C@@H](C)C(=O)N[C@H](C(=O)N1CCC[C@H]1c1nc(C(=O)c2cccc(OCCCCCCCC(=O)N3CCN(c4ccc(Cc5ncc6c(C)c(C(C)=O)c(=O)n(C7CCCC7)c6n5)nc4)CC3)c2)cs1)C1CCCCC1. The van der Waals surface area contributed by atoms with Crippen molar-refractivity contribution in [2.45, 2.75) is 161 Å². The number of Topliss-reactive ketones (excluding diaryl/α,β-unsaturated/α-hetero) is 1. The maximum absolute atomic E-state index is 14.2. The summed E-state index contributed by atoms with van der Waals surface area (Å²) >= 11 is 1.41. The van der Waals surface area contributed by atoms with Crippen molar-refractivity contribution < 1.29 is 28.7 Å². The number of piperazine rings is 1. The molecule has 3 atom stereocenters. The number of benzene rings is 1. The van der Waals surface area contributed by atoms with Gasteiger partial charge in [-0.1, -0.05) is 63.5 Å². The van der Waals surface area contributed by atoms with E-state index in [1.165, 1.54) is 18.3 Å². The molecule has 4 aromatic heterocycles. The molecule has 18 heteroatoms. The number of aromatic nitrogens is 5. The summed E-state index contributed by atoms with van der Waals surface area (Å²) < 4.78 is 7.83. The van der Waals surface area contributed by atoms with E-state index in [9.17, 15) is 28.8 Å². The second-order valence-corrected chi connectivity index (χ2v) is 22.5. The molecule has 77 heavy (non-hydrogen) atoms. The number of carbonyl (C=O) groups excluding carboxylic acids is 5. The highest BCUT2D eigenvalue weighted by Gasteiger charge is 2.40. The van der Waals surface area contributed by atoms with Crippen LogP contribution in [0.5, 0.6) is 5.75 Å². The molecule has 17 nitrogen and oxygen atoms in total. The Balaban J connectivity index is 0.675. The zero-order chi connectivity index (χ0) is 54.0. The third-order valence-electron chi connectivity index (χ3n) is 16.4.